The van der Waals surface area contributed by atoms with Crippen LogP contribution < -0.4 is 10.3 Å². The van der Waals surface area contributed by atoms with Crippen LogP contribution in [0.2, 0.25) is 0 Å². The highest BCUT2D eigenvalue weighted by atomic mass is 32.1. The third-order valence-corrected chi connectivity index (χ3v) is 7.57. The Labute approximate surface area is 208 Å². The normalized spacial score (nSPS) is 14.4. The number of hydrogen-bond acceptors (Lipinski definition) is 6. The minimum absolute atomic E-state index is 0.0789. The van der Waals surface area contributed by atoms with Crippen LogP contribution in [0.25, 0.3) is 21.5 Å². The number of amides is 1. The summed E-state index contributed by atoms with van der Waals surface area (Å²) in [5, 5.41) is 5.42. The Hall–Kier alpha value is -3.52. The minimum atomic E-state index is -0.325. The van der Waals surface area contributed by atoms with Gasteiger partial charge >= 0.3 is 0 Å². The summed E-state index contributed by atoms with van der Waals surface area (Å²) in [5.41, 5.74) is 2.88. The number of methoxy groups -OCH3 is 1. The number of thiazole rings is 1. The molecule has 0 bridgehead atoms. The second-order valence-corrected chi connectivity index (χ2v) is 10.2. The summed E-state index contributed by atoms with van der Waals surface area (Å²) in [5.74, 6) is 1.23. The number of hydrogen-bond donors (Lipinski definition) is 0. The molecule has 3 heterocycles. The monoisotopic (exact) mass is 488 g/mol. The topological polar surface area (TPSA) is 77.3 Å². The fourth-order valence-electron chi connectivity index (χ4n) is 4.67. The van der Waals surface area contributed by atoms with Crippen molar-refractivity contribution in [3.8, 4) is 17.0 Å². The molecule has 5 rings (SSSR count). The Bertz CT molecular complexity index is 1390. The minimum Gasteiger partial charge on any atom is -0.497 e. The van der Waals surface area contributed by atoms with Crippen LogP contribution in [0.3, 0.4) is 0 Å². The van der Waals surface area contributed by atoms with Crippen LogP contribution in [0, 0.1) is 12.8 Å². The largest absolute Gasteiger partial charge is 0.497 e. The van der Waals surface area contributed by atoms with Gasteiger partial charge in [0.25, 0.3) is 5.56 Å². The van der Waals surface area contributed by atoms with E-state index in [0.29, 0.717) is 30.2 Å². The van der Waals surface area contributed by atoms with E-state index in [2.05, 4.69) is 34.3 Å². The summed E-state index contributed by atoms with van der Waals surface area (Å²) in [4.78, 5) is 32.6. The van der Waals surface area contributed by atoms with Crippen molar-refractivity contribution in [3.05, 3.63) is 75.5 Å². The number of carbonyl (C=O) groups excluding carboxylic acids is 1. The lowest BCUT2D eigenvalue weighted by Crippen LogP contribution is -2.42. The zero-order valence-corrected chi connectivity index (χ0v) is 20.8. The molecule has 8 heteroatoms. The van der Waals surface area contributed by atoms with E-state index in [1.165, 1.54) is 21.6 Å². The molecule has 0 atom stereocenters. The van der Waals surface area contributed by atoms with Crippen molar-refractivity contribution >= 4 is 27.5 Å². The van der Waals surface area contributed by atoms with Gasteiger partial charge in [-0.3, -0.25) is 9.59 Å². The van der Waals surface area contributed by atoms with Gasteiger partial charge < -0.3 is 9.64 Å². The molecule has 0 spiro atoms. The van der Waals surface area contributed by atoms with Crippen LogP contribution in [0.5, 0.6) is 5.75 Å². The van der Waals surface area contributed by atoms with Gasteiger partial charge in [-0.2, -0.15) is 5.10 Å². The first-order chi connectivity index (χ1) is 17.0. The molecule has 1 aliphatic heterocycles. The average molecular weight is 489 g/mol. The first-order valence-electron chi connectivity index (χ1n) is 11.9. The molecule has 4 aromatic rings. The molecule has 35 heavy (non-hydrogen) atoms. The molecular formula is C27H28N4O3S. The standard InChI is InChI=1S/C27H28N4O3S/c1-18-28-25-26(35-18)24(21-8-10-22(34-2)11-9-21)29-31(27(25)33)17-23(32)30-14-12-20(13-15-30)16-19-6-4-3-5-7-19/h3-11,20H,12-17H2,1-2H3. The highest BCUT2D eigenvalue weighted by molar-refractivity contribution is 7.19. The van der Waals surface area contributed by atoms with E-state index in [0.717, 1.165) is 40.3 Å². The highest BCUT2D eigenvalue weighted by Crippen LogP contribution is 2.30. The first-order valence-corrected chi connectivity index (χ1v) is 12.7. The maximum Gasteiger partial charge on any atom is 0.294 e. The molecule has 1 aliphatic rings. The van der Waals surface area contributed by atoms with Crippen LogP contribution in [-0.4, -0.2) is 45.8 Å². The van der Waals surface area contributed by atoms with E-state index in [1.54, 1.807) is 7.11 Å². The lowest BCUT2D eigenvalue weighted by molar-refractivity contribution is -0.133. The molecule has 1 fully saturated rings. The Kier molecular flexibility index (Phi) is 6.63. The van der Waals surface area contributed by atoms with E-state index in [1.807, 2.05) is 42.2 Å². The van der Waals surface area contributed by atoms with Gasteiger partial charge in [0.05, 0.1) is 16.8 Å². The second-order valence-electron chi connectivity index (χ2n) is 8.96. The van der Waals surface area contributed by atoms with Gasteiger partial charge in [-0.25, -0.2) is 9.67 Å². The number of aromatic nitrogens is 3. The Morgan fingerprint density at radius 3 is 2.49 bits per heavy atom. The molecule has 1 amide bonds. The summed E-state index contributed by atoms with van der Waals surface area (Å²) >= 11 is 1.44. The van der Waals surface area contributed by atoms with Crippen LogP contribution >= 0.6 is 11.3 Å². The number of piperidine rings is 1. The molecule has 180 valence electrons. The Balaban J connectivity index is 1.35. The van der Waals surface area contributed by atoms with Crippen LogP contribution in [0.1, 0.15) is 23.4 Å². The van der Waals surface area contributed by atoms with Crippen molar-refractivity contribution in [2.24, 2.45) is 5.92 Å². The molecule has 0 saturated carbocycles. The molecule has 0 aliphatic carbocycles. The van der Waals surface area contributed by atoms with Gasteiger partial charge in [0, 0.05) is 18.7 Å². The van der Waals surface area contributed by atoms with Crippen LogP contribution in [-0.2, 0) is 17.8 Å². The van der Waals surface area contributed by atoms with E-state index in [9.17, 15) is 9.59 Å². The molecule has 2 aromatic carbocycles. The summed E-state index contributed by atoms with van der Waals surface area (Å²) in [6.07, 6.45) is 2.96. The lowest BCUT2D eigenvalue weighted by Gasteiger charge is -2.32. The van der Waals surface area contributed by atoms with Crippen molar-refractivity contribution in [2.45, 2.75) is 32.7 Å². The zero-order chi connectivity index (χ0) is 24.4. The van der Waals surface area contributed by atoms with Gasteiger partial charge in [-0.05, 0) is 61.9 Å². The van der Waals surface area contributed by atoms with Crippen molar-refractivity contribution < 1.29 is 9.53 Å². The molecular weight excluding hydrogens is 460 g/mol. The van der Waals surface area contributed by atoms with Crippen LogP contribution in [0.4, 0.5) is 0 Å². The van der Waals surface area contributed by atoms with E-state index >= 15 is 0 Å². The number of ether oxygens (including phenoxy) is 1. The molecule has 1 saturated heterocycles. The lowest BCUT2D eigenvalue weighted by atomic mass is 9.90. The average Bonchev–Trinajstić information content (AvgIpc) is 3.28. The number of carbonyl (C=O) groups is 1. The van der Waals surface area contributed by atoms with E-state index in [-0.39, 0.29) is 18.0 Å². The van der Waals surface area contributed by atoms with Crippen molar-refractivity contribution in [2.75, 3.05) is 20.2 Å². The zero-order valence-electron chi connectivity index (χ0n) is 19.9. The smallest absolute Gasteiger partial charge is 0.294 e. The Morgan fingerprint density at radius 2 is 1.80 bits per heavy atom. The summed E-state index contributed by atoms with van der Waals surface area (Å²) < 4.78 is 7.28. The first kappa shape index (κ1) is 23.2. The fraction of sp³-hybridized carbons (Fsp3) is 0.333. The van der Waals surface area contributed by atoms with Crippen molar-refractivity contribution in [1.29, 1.82) is 0 Å². The number of likely N-dealkylation sites (tertiary alicyclic amines) is 1. The molecule has 0 N–H and O–H groups in total. The molecule has 0 unspecified atom stereocenters. The number of fused-ring (bicyclic) bond motifs is 1. The van der Waals surface area contributed by atoms with Gasteiger partial charge in [-0.1, -0.05) is 30.3 Å². The number of nitrogens with zero attached hydrogens (tertiary/aromatic N) is 4. The van der Waals surface area contributed by atoms with E-state index in [4.69, 9.17) is 4.74 Å². The Morgan fingerprint density at radius 1 is 1.09 bits per heavy atom. The third kappa shape index (κ3) is 4.98. The van der Waals surface area contributed by atoms with Gasteiger partial charge in [0.2, 0.25) is 5.91 Å². The third-order valence-electron chi connectivity index (χ3n) is 6.59. The van der Waals surface area contributed by atoms with E-state index < -0.39 is 0 Å². The summed E-state index contributed by atoms with van der Waals surface area (Å²) in [7, 11) is 1.62. The number of rotatable bonds is 6. The predicted molar refractivity (Wildman–Crippen MR) is 138 cm³/mol. The van der Waals surface area contributed by atoms with Crippen molar-refractivity contribution in [1.82, 2.24) is 19.7 Å². The number of benzene rings is 2. The number of aryl methyl sites for hydroxylation is 1. The summed E-state index contributed by atoms with van der Waals surface area (Å²) in [6.45, 7) is 3.19. The maximum absolute atomic E-state index is 13.2. The van der Waals surface area contributed by atoms with Crippen molar-refractivity contribution in [3.63, 3.8) is 0 Å². The highest BCUT2D eigenvalue weighted by Gasteiger charge is 2.25. The summed E-state index contributed by atoms with van der Waals surface area (Å²) in [6, 6.07) is 18.0. The van der Waals surface area contributed by atoms with Gasteiger partial charge in [0.1, 0.15) is 18.0 Å². The molecule has 0 radical (unpaired) electrons. The second kappa shape index (κ2) is 10.00. The molecule has 7 nitrogen and oxygen atoms in total. The van der Waals surface area contributed by atoms with Gasteiger partial charge in [-0.15, -0.1) is 11.3 Å². The maximum atomic E-state index is 13.2. The molecule has 2 aromatic heterocycles. The quantitative estimate of drug-likeness (QED) is 0.404. The van der Waals surface area contributed by atoms with Gasteiger partial charge in [0.15, 0.2) is 5.52 Å². The fourth-order valence-corrected chi connectivity index (χ4v) is 5.59. The predicted octanol–water partition coefficient (Wildman–Crippen LogP) is 4.32. The SMILES string of the molecule is COc1ccc(-c2nn(CC(=O)N3CCC(Cc4ccccc4)CC3)c(=O)c3nc(C)sc23)cc1. The van der Waals surface area contributed by atoms with Crippen LogP contribution in [0.15, 0.2) is 59.4 Å².